The van der Waals surface area contributed by atoms with E-state index in [1.807, 2.05) is 46.8 Å². The molecule has 0 bridgehead atoms. The van der Waals surface area contributed by atoms with E-state index in [0.29, 0.717) is 30.2 Å². The molecule has 2 amide bonds. The summed E-state index contributed by atoms with van der Waals surface area (Å²) in [5, 5.41) is 4.06. The minimum Gasteiger partial charge on any atom is -0.444 e. The molecule has 0 unspecified atom stereocenters. The summed E-state index contributed by atoms with van der Waals surface area (Å²) in [5.41, 5.74) is 2.27. The summed E-state index contributed by atoms with van der Waals surface area (Å²) in [4.78, 5) is 33.1. The molecule has 1 saturated heterocycles. The second-order valence-corrected chi connectivity index (χ2v) is 10.3. The van der Waals surface area contributed by atoms with Crippen molar-refractivity contribution in [2.45, 2.75) is 58.3 Å². The van der Waals surface area contributed by atoms with Crippen molar-refractivity contribution in [1.82, 2.24) is 15.2 Å². The molecule has 1 aromatic heterocycles. The van der Waals surface area contributed by atoms with Crippen LogP contribution in [0.1, 0.15) is 56.1 Å². The predicted molar refractivity (Wildman–Crippen MR) is 124 cm³/mol. The zero-order valence-electron chi connectivity index (χ0n) is 19.1. The summed E-state index contributed by atoms with van der Waals surface area (Å²) < 4.78 is 5.39. The normalized spacial score (nSPS) is 17.9. The maximum atomic E-state index is 13.1. The third-order valence-electron chi connectivity index (χ3n) is 5.80. The van der Waals surface area contributed by atoms with Crippen molar-refractivity contribution in [3.63, 3.8) is 0 Å². The van der Waals surface area contributed by atoms with Gasteiger partial charge in [-0.3, -0.25) is 14.7 Å². The van der Waals surface area contributed by atoms with Crippen LogP contribution in [0.15, 0.2) is 36.7 Å². The third kappa shape index (κ3) is 4.32. The van der Waals surface area contributed by atoms with Gasteiger partial charge in [0.1, 0.15) is 5.60 Å². The molecular formula is C24H29ClN4O3. The van der Waals surface area contributed by atoms with Gasteiger partial charge >= 0.3 is 6.09 Å². The molecular weight excluding hydrogens is 428 g/mol. The van der Waals surface area contributed by atoms with Crippen LogP contribution in [0.4, 0.5) is 10.5 Å². The Labute approximate surface area is 193 Å². The Hall–Kier alpha value is -2.64. The number of aromatic nitrogens is 1. The maximum absolute atomic E-state index is 13.1. The fraction of sp³-hybridized carbons (Fsp3) is 0.458. The van der Waals surface area contributed by atoms with Gasteiger partial charge in [0.25, 0.3) is 5.91 Å². The average molecular weight is 457 g/mol. The highest BCUT2D eigenvalue weighted by atomic mass is 35.5. The molecule has 1 N–H and O–H groups in total. The maximum Gasteiger partial charge on any atom is 0.410 e. The number of carbonyl (C=O) groups is 2. The molecule has 2 aliphatic rings. The van der Waals surface area contributed by atoms with Crippen LogP contribution in [0.25, 0.3) is 0 Å². The highest BCUT2D eigenvalue weighted by Crippen LogP contribution is 2.42. The smallest absolute Gasteiger partial charge is 0.410 e. The van der Waals surface area contributed by atoms with E-state index in [9.17, 15) is 9.59 Å². The summed E-state index contributed by atoms with van der Waals surface area (Å²) in [7, 11) is 0. The van der Waals surface area contributed by atoms with E-state index in [4.69, 9.17) is 16.3 Å². The minimum atomic E-state index is -0.535. The van der Waals surface area contributed by atoms with Crippen molar-refractivity contribution >= 4 is 29.3 Å². The number of benzene rings is 1. The highest BCUT2D eigenvalue weighted by Gasteiger charge is 2.44. The van der Waals surface area contributed by atoms with Gasteiger partial charge in [-0.1, -0.05) is 11.6 Å². The molecule has 8 heteroatoms. The van der Waals surface area contributed by atoms with Crippen molar-refractivity contribution in [3.8, 4) is 0 Å². The SMILES string of the molecule is CC(C)(C)OC(=O)N1CC(NCc2cncc(N3C(=O)c4ccc(Cl)cc4C3(C)C)c2)C1. The monoisotopic (exact) mass is 456 g/mol. The highest BCUT2D eigenvalue weighted by molar-refractivity contribution is 6.31. The lowest BCUT2D eigenvalue weighted by atomic mass is 9.93. The number of nitrogens with one attached hydrogen (secondary N) is 1. The van der Waals surface area contributed by atoms with Crippen molar-refractivity contribution in [2.24, 2.45) is 0 Å². The molecule has 4 rings (SSSR count). The average Bonchev–Trinajstić information content (AvgIpc) is 2.84. The van der Waals surface area contributed by atoms with Gasteiger partial charge in [0.2, 0.25) is 0 Å². The van der Waals surface area contributed by atoms with Crippen LogP contribution in [-0.2, 0) is 16.8 Å². The number of carbonyl (C=O) groups excluding carboxylic acids is 2. The largest absolute Gasteiger partial charge is 0.444 e. The first-order chi connectivity index (χ1) is 15.0. The van der Waals surface area contributed by atoms with Crippen LogP contribution in [0, 0.1) is 0 Å². The van der Waals surface area contributed by atoms with E-state index in [2.05, 4.69) is 10.3 Å². The molecule has 2 aromatic rings. The molecule has 2 aliphatic heterocycles. The van der Waals surface area contributed by atoms with Gasteiger partial charge in [-0.25, -0.2) is 4.79 Å². The van der Waals surface area contributed by atoms with Crippen LogP contribution >= 0.6 is 11.6 Å². The fourth-order valence-electron chi connectivity index (χ4n) is 4.18. The van der Waals surface area contributed by atoms with Crippen LogP contribution < -0.4 is 10.2 Å². The van der Waals surface area contributed by atoms with E-state index >= 15 is 0 Å². The zero-order valence-corrected chi connectivity index (χ0v) is 19.9. The van der Waals surface area contributed by atoms with E-state index in [1.54, 1.807) is 34.3 Å². The van der Waals surface area contributed by atoms with Crippen molar-refractivity contribution in [3.05, 3.63) is 58.4 Å². The third-order valence-corrected chi connectivity index (χ3v) is 6.04. The number of pyridine rings is 1. The first-order valence-electron chi connectivity index (χ1n) is 10.8. The van der Waals surface area contributed by atoms with Gasteiger partial charge in [-0.05, 0) is 70.0 Å². The molecule has 0 spiro atoms. The molecule has 170 valence electrons. The summed E-state index contributed by atoms with van der Waals surface area (Å²) in [6, 6.07) is 7.57. The van der Waals surface area contributed by atoms with Crippen molar-refractivity contribution in [2.75, 3.05) is 18.0 Å². The number of anilines is 1. The minimum absolute atomic E-state index is 0.0550. The van der Waals surface area contributed by atoms with Gasteiger partial charge < -0.3 is 15.0 Å². The molecule has 0 aliphatic carbocycles. The first-order valence-corrected chi connectivity index (χ1v) is 11.1. The first kappa shape index (κ1) is 22.6. The molecule has 1 fully saturated rings. The van der Waals surface area contributed by atoms with Crippen LogP contribution in [0.5, 0.6) is 0 Å². The molecule has 3 heterocycles. The van der Waals surface area contributed by atoms with Gasteiger partial charge in [0.15, 0.2) is 0 Å². The molecule has 0 saturated carbocycles. The van der Waals surface area contributed by atoms with Crippen molar-refractivity contribution in [1.29, 1.82) is 0 Å². The Morgan fingerprint density at radius 1 is 1.25 bits per heavy atom. The summed E-state index contributed by atoms with van der Waals surface area (Å²) in [5.74, 6) is -0.0550. The number of rotatable bonds is 4. The Kier molecular flexibility index (Phi) is 5.67. The second kappa shape index (κ2) is 8.05. The Morgan fingerprint density at radius 3 is 2.66 bits per heavy atom. The van der Waals surface area contributed by atoms with E-state index in [0.717, 1.165) is 16.8 Å². The predicted octanol–water partition coefficient (Wildman–Crippen LogP) is 4.34. The number of amides is 2. The number of nitrogens with zero attached hydrogens (tertiary/aromatic N) is 3. The number of likely N-dealkylation sites (tertiary alicyclic amines) is 1. The lowest BCUT2D eigenvalue weighted by Gasteiger charge is -2.40. The molecule has 7 nitrogen and oxygen atoms in total. The number of halogens is 1. The van der Waals surface area contributed by atoms with Crippen LogP contribution in [-0.4, -0.2) is 46.6 Å². The Morgan fingerprint density at radius 2 is 1.97 bits per heavy atom. The summed E-state index contributed by atoms with van der Waals surface area (Å²) in [6.45, 7) is 11.4. The van der Waals surface area contributed by atoms with E-state index in [-0.39, 0.29) is 18.0 Å². The second-order valence-electron chi connectivity index (χ2n) is 9.90. The fourth-order valence-corrected chi connectivity index (χ4v) is 4.35. The number of fused-ring (bicyclic) bond motifs is 1. The lowest BCUT2D eigenvalue weighted by Crippen LogP contribution is -2.60. The molecule has 1 aromatic carbocycles. The van der Waals surface area contributed by atoms with Crippen LogP contribution in [0.3, 0.4) is 0 Å². The van der Waals surface area contributed by atoms with E-state index in [1.165, 1.54) is 0 Å². The number of hydrogen-bond donors (Lipinski definition) is 1. The molecule has 0 radical (unpaired) electrons. The molecule has 0 atom stereocenters. The van der Waals surface area contributed by atoms with E-state index < -0.39 is 11.1 Å². The number of ether oxygens (including phenoxy) is 1. The lowest BCUT2D eigenvalue weighted by molar-refractivity contribution is 0.00518. The topological polar surface area (TPSA) is 74.8 Å². The van der Waals surface area contributed by atoms with Gasteiger partial charge in [0, 0.05) is 42.5 Å². The van der Waals surface area contributed by atoms with Crippen LogP contribution in [0.2, 0.25) is 5.02 Å². The molecule has 32 heavy (non-hydrogen) atoms. The van der Waals surface area contributed by atoms with Crippen molar-refractivity contribution < 1.29 is 14.3 Å². The van der Waals surface area contributed by atoms with Gasteiger partial charge in [-0.2, -0.15) is 0 Å². The summed E-state index contributed by atoms with van der Waals surface area (Å²) >= 11 is 6.19. The Bertz CT molecular complexity index is 1060. The quantitative estimate of drug-likeness (QED) is 0.740. The zero-order chi connectivity index (χ0) is 23.3. The van der Waals surface area contributed by atoms with Gasteiger partial charge in [-0.15, -0.1) is 0 Å². The summed E-state index contributed by atoms with van der Waals surface area (Å²) in [6.07, 6.45) is 3.22. The Balaban J connectivity index is 1.40. The number of hydrogen-bond acceptors (Lipinski definition) is 5. The van der Waals surface area contributed by atoms with Gasteiger partial charge in [0.05, 0.1) is 17.4 Å². The standard InChI is InChI=1S/C24H29ClN4O3/c1-23(2,3)32-22(31)28-13-17(14-28)27-11-15-8-18(12-26-10-15)29-21(30)19-7-6-16(25)9-20(19)24(29,4)5/h6-10,12,17,27H,11,13-14H2,1-5H3.